The molecule has 0 radical (unpaired) electrons. The van der Waals surface area contributed by atoms with Gasteiger partial charge in [0.2, 0.25) is 5.91 Å². The normalized spacial score (nSPS) is 17.9. The predicted octanol–water partition coefficient (Wildman–Crippen LogP) is 2.99. The van der Waals surface area contributed by atoms with Crippen LogP contribution in [-0.4, -0.2) is 5.91 Å². The molecule has 1 saturated carbocycles. The average Bonchev–Trinajstić information content (AvgIpc) is 2.75. The van der Waals surface area contributed by atoms with E-state index in [0.717, 1.165) is 24.0 Å². The summed E-state index contributed by atoms with van der Waals surface area (Å²) in [5, 5.41) is 0.559. The second-order valence-electron chi connectivity index (χ2n) is 5.16. The number of nitrogen functional groups attached to an aromatic ring is 1. The molecule has 1 amide bonds. The van der Waals surface area contributed by atoms with Crippen LogP contribution in [0.2, 0.25) is 5.02 Å². The predicted molar refractivity (Wildman–Crippen MR) is 74.5 cm³/mol. The summed E-state index contributed by atoms with van der Waals surface area (Å²) in [5.41, 5.74) is 13.8. The van der Waals surface area contributed by atoms with Crippen LogP contribution in [0, 0.1) is 12.8 Å². The number of benzene rings is 1. The lowest BCUT2D eigenvalue weighted by atomic mass is 9.82. The number of amides is 1. The zero-order valence-corrected chi connectivity index (χ0v) is 11.3. The molecule has 2 rings (SSSR count). The lowest BCUT2D eigenvalue weighted by molar-refractivity contribution is -0.120. The molecule has 1 fully saturated rings. The molecular formula is C14H19ClN2O. The van der Waals surface area contributed by atoms with Crippen LogP contribution in [0.25, 0.3) is 0 Å². The quantitative estimate of drug-likeness (QED) is 0.826. The van der Waals surface area contributed by atoms with E-state index in [0.29, 0.717) is 16.6 Å². The maximum atomic E-state index is 11.8. The average molecular weight is 267 g/mol. The van der Waals surface area contributed by atoms with Crippen molar-refractivity contribution in [2.45, 2.75) is 38.5 Å². The third-order valence-electron chi connectivity index (χ3n) is 3.85. The maximum Gasteiger partial charge on any atom is 0.225 e. The van der Waals surface area contributed by atoms with Crippen LogP contribution in [0.4, 0.5) is 5.69 Å². The van der Waals surface area contributed by atoms with Gasteiger partial charge in [0.15, 0.2) is 0 Å². The molecule has 1 unspecified atom stereocenters. The van der Waals surface area contributed by atoms with Crippen molar-refractivity contribution in [2.24, 2.45) is 11.7 Å². The first-order chi connectivity index (χ1) is 8.50. The first-order valence-corrected chi connectivity index (χ1v) is 6.73. The molecule has 3 nitrogen and oxygen atoms in total. The number of hydrogen-bond donors (Lipinski definition) is 2. The van der Waals surface area contributed by atoms with Crippen molar-refractivity contribution in [3.8, 4) is 0 Å². The van der Waals surface area contributed by atoms with Gasteiger partial charge in [0.05, 0.1) is 5.92 Å². The van der Waals surface area contributed by atoms with Crippen LogP contribution in [-0.2, 0) is 4.79 Å². The molecular weight excluding hydrogens is 248 g/mol. The van der Waals surface area contributed by atoms with E-state index in [9.17, 15) is 4.79 Å². The highest BCUT2D eigenvalue weighted by Gasteiger charge is 2.32. The Morgan fingerprint density at radius 3 is 2.50 bits per heavy atom. The standard InChI is InChI=1S/C14H19ClN2O/c1-8-6-10(16)7-11(15)12(8)13(14(17)18)9-4-2-3-5-9/h6-7,9,13H,2-5,16H2,1H3,(H2,17,18). The second-order valence-corrected chi connectivity index (χ2v) is 5.57. The molecule has 1 aromatic rings. The van der Waals surface area contributed by atoms with Gasteiger partial charge in [-0.25, -0.2) is 0 Å². The smallest absolute Gasteiger partial charge is 0.225 e. The number of carbonyl (C=O) groups excluding carboxylic acids is 1. The summed E-state index contributed by atoms with van der Waals surface area (Å²) < 4.78 is 0. The molecule has 18 heavy (non-hydrogen) atoms. The van der Waals surface area contributed by atoms with E-state index >= 15 is 0 Å². The second kappa shape index (κ2) is 5.19. The van der Waals surface area contributed by atoms with Crippen LogP contribution in [0.5, 0.6) is 0 Å². The van der Waals surface area contributed by atoms with Crippen LogP contribution in [0.15, 0.2) is 12.1 Å². The molecule has 4 heteroatoms. The van der Waals surface area contributed by atoms with Gasteiger partial charge in [-0.2, -0.15) is 0 Å². The number of hydrogen-bond acceptors (Lipinski definition) is 2. The summed E-state index contributed by atoms with van der Waals surface area (Å²) in [7, 11) is 0. The van der Waals surface area contributed by atoms with Crippen molar-refractivity contribution in [3.05, 3.63) is 28.3 Å². The first-order valence-electron chi connectivity index (χ1n) is 6.35. The summed E-state index contributed by atoms with van der Waals surface area (Å²) in [6, 6.07) is 3.56. The molecule has 4 N–H and O–H groups in total. The zero-order chi connectivity index (χ0) is 13.3. The van der Waals surface area contributed by atoms with E-state index in [1.54, 1.807) is 6.07 Å². The van der Waals surface area contributed by atoms with Crippen molar-refractivity contribution in [2.75, 3.05) is 5.73 Å². The molecule has 0 saturated heterocycles. The fourth-order valence-electron chi connectivity index (χ4n) is 3.08. The van der Waals surface area contributed by atoms with Crippen molar-refractivity contribution < 1.29 is 4.79 Å². The molecule has 0 heterocycles. The topological polar surface area (TPSA) is 69.1 Å². The fourth-order valence-corrected chi connectivity index (χ4v) is 3.47. The minimum absolute atomic E-state index is 0.277. The molecule has 0 aliphatic heterocycles. The Morgan fingerprint density at radius 2 is 2.00 bits per heavy atom. The maximum absolute atomic E-state index is 11.8. The van der Waals surface area contributed by atoms with Gasteiger partial charge in [0.1, 0.15) is 0 Å². The van der Waals surface area contributed by atoms with Gasteiger partial charge >= 0.3 is 0 Å². The van der Waals surface area contributed by atoms with E-state index in [1.165, 1.54) is 12.8 Å². The van der Waals surface area contributed by atoms with Crippen molar-refractivity contribution >= 4 is 23.2 Å². The highest BCUT2D eigenvalue weighted by Crippen LogP contribution is 2.41. The van der Waals surface area contributed by atoms with Crippen molar-refractivity contribution in [3.63, 3.8) is 0 Å². The van der Waals surface area contributed by atoms with Gasteiger partial charge in [-0.3, -0.25) is 4.79 Å². The number of aryl methyl sites for hydroxylation is 1. The molecule has 0 spiro atoms. The molecule has 0 aromatic heterocycles. The van der Waals surface area contributed by atoms with E-state index in [2.05, 4.69) is 0 Å². The Labute approximate surface area is 112 Å². The largest absolute Gasteiger partial charge is 0.399 e. The number of anilines is 1. The zero-order valence-electron chi connectivity index (χ0n) is 10.6. The van der Waals surface area contributed by atoms with Gasteiger partial charge in [-0.05, 0) is 48.9 Å². The minimum atomic E-state index is -0.281. The molecule has 98 valence electrons. The van der Waals surface area contributed by atoms with Crippen LogP contribution >= 0.6 is 11.6 Å². The first kappa shape index (κ1) is 13.2. The van der Waals surface area contributed by atoms with Gasteiger partial charge in [-0.1, -0.05) is 24.4 Å². The molecule has 1 aliphatic rings. The minimum Gasteiger partial charge on any atom is -0.399 e. The highest BCUT2D eigenvalue weighted by molar-refractivity contribution is 6.32. The summed E-state index contributed by atoms with van der Waals surface area (Å²) in [6.45, 7) is 1.93. The van der Waals surface area contributed by atoms with Gasteiger partial charge in [0.25, 0.3) is 0 Å². The summed E-state index contributed by atoms with van der Waals surface area (Å²) >= 11 is 6.26. The third kappa shape index (κ3) is 2.46. The molecule has 1 atom stereocenters. The number of nitrogens with two attached hydrogens (primary N) is 2. The molecule has 1 aromatic carbocycles. The van der Waals surface area contributed by atoms with Crippen LogP contribution in [0.1, 0.15) is 42.7 Å². The van der Waals surface area contributed by atoms with E-state index in [-0.39, 0.29) is 11.8 Å². The number of primary amides is 1. The number of carbonyl (C=O) groups is 1. The van der Waals surface area contributed by atoms with Gasteiger partial charge in [-0.15, -0.1) is 0 Å². The van der Waals surface area contributed by atoms with Crippen LogP contribution in [0.3, 0.4) is 0 Å². The Hall–Kier alpha value is -1.22. The van der Waals surface area contributed by atoms with E-state index in [1.807, 2.05) is 13.0 Å². The lowest BCUT2D eigenvalue weighted by Gasteiger charge is -2.23. The summed E-state index contributed by atoms with van der Waals surface area (Å²) in [4.78, 5) is 11.8. The van der Waals surface area contributed by atoms with Crippen LogP contribution < -0.4 is 11.5 Å². The van der Waals surface area contributed by atoms with E-state index < -0.39 is 0 Å². The molecule has 0 bridgehead atoms. The summed E-state index contributed by atoms with van der Waals surface area (Å²) in [5.74, 6) is -0.236. The SMILES string of the molecule is Cc1cc(N)cc(Cl)c1C(C(N)=O)C1CCCC1. The Kier molecular flexibility index (Phi) is 3.81. The number of halogens is 1. The summed E-state index contributed by atoms with van der Waals surface area (Å²) in [6.07, 6.45) is 4.43. The molecule has 1 aliphatic carbocycles. The van der Waals surface area contributed by atoms with Gasteiger partial charge in [0, 0.05) is 10.7 Å². The van der Waals surface area contributed by atoms with E-state index in [4.69, 9.17) is 23.1 Å². The van der Waals surface area contributed by atoms with Crippen molar-refractivity contribution in [1.29, 1.82) is 0 Å². The Bertz CT molecular complexity index is 444. The van der Waals surface area contributed by atoms with Crippen molar-refractivity contribution in [1.82, 2.24) is 0 Å². The lowest BCUT2D eigenvalue weighted by Crippen LogP contribution is -2.28. The monoisotopic (exact) mass is 266 g/mol. The fraction of sp³-hybridized carbons (Fsp3) is 0.500. The highest BCUT2D eigenvalue weighted by atomic mass is 35.5. The number of rotatable bonds is 3. The Morgan fingerprint density at radius 1 is 1.39 bits per heavy atom. The van der Waals surface area contributed by atoms with Gasteiger partial charge < -0.3 is 11.5 Å². The third-order valence-corrected chi connectivity index (χ3v) is 4.16. The Balaban J connectivity index is 2.45.